The Bertz CT molecular complexity index is 862. The monoisotopic (exact) mass is 363 g/mol. The van der Waals surface area contributed by atoms with Crippen LogP contribution in [0.1, 0.15) is 46.4 Å². The largest absolute Gasteiger partial charge is 0.376 e. The van der Waals surface area contributed by atoms with E-state index in [2.05, 4.69) is 11.1 Å². The minimum absolute atomic E-state index is 0.0235. The predicted octanol–water partition coefficient (Wildman–Crippen LogP) is 3.88. The third-order valence-electron chi connectivity index (χ3n) is 4.96. The number of aromatic nitrogens is 1. The first-order chi connectivity index (χ1) is 13.0. The molecule has 1 aromatic carbocycles. The zero-order valence-corrected chi connectivity index (χ0v) is 16.2. The van der Waals surface area contributed by atoms with E-state index in [1.165, 1.54) is 0 Å². The van der Waals surface area contributed by atoms with Crippen LogP contribution in [0, 0.1) is 25.2 Å². The fourth-order valence-corrected chi connectivity index (χ4v) is 3.52. The molecular weight excluding hydrogens is 338 g/mol. The molecule has 5 nitrogen and oxygen atoms in total. The Morgan fingerprint density at radius 1 is 1.30 bits per heavy atom. The highest BCUT2D eigenvalue weighted by molar-refractivity contribution is 5.94. The van der Waals surface area contributed by atoms with E-state index in [-0.39, 0.29) is 12.0 Å². The Labute approximate surface area is 160 Å². The van der Waals surface area contributed by atoms with Crippen molar-refractivity contribution < 1.29 is 9.53 Å². The SMILES string of the molecule is Cc1cc(C)c(C#N)c(-c2ccc(C(=O)N(C)C[C@H]3CCCCO3)cc2)n1. The fraction of sp³-hybridized carbons (Fsp3) is 0.409. The van der Waals surface area contributed by atoms with Gasteiger partial charge in [-0.2, -0.15) is 5.26 Å². The Morgan fingerprint density at radius 2 is 2.04 bits per heavy atom. The van der Waals surface area contributed by atoms with Gasteiger partial charge in [-0.1, -0.05) is 12.1 Å². The maximum atomic E-state index is 12.7. The third-order valence-corrected chi connectivity index (χ3v) is 4.96. The number of hydrogen-bond acceptors (Lipinski definition) is 4. The maximum Gasteiger partial charge on any atom is 0.253 e. The summed E-state index contributed by atoms with van der Waals surface area (Å²) in [4.78, 5) is 19.0. The molecule has 0 aliphatic carbocycles. The van der Waals surface area contributed by atoms with Crippen molar-refractivity contribution >= 4 is 5.91 Å². The van der Waals surface area contributed by atoms with E-state index >= 15 is 0 Å². The summed E-state index contributed by atoms with van der Waals surface area (Å²) in [5, 5.41) is 9.46. The molecule has 1 fully saturated rings. The second-order valence-electron chi connectivity index (χ2n) is 7.17. The quantitative estimate of drug-likeness (QED) is 0.827. The van der Waals surface area contributed by atoms with Crippen LogP contribution in [0.4, 0.5) is 0 Å². The minimum Gasteiger partial charge on any atom is -0.376 e. The smallest absolute Gasteiger partial charge is 0.253 e. The van der Waals surface area contributed by atoms with Crippen LogP contribution in [0.5, 0.6) is 0 Å². The van der Waals surface area contributed by atoms with Gasteiger partial charge in [-0.15, -0.1) is 0 Å². The number of benzene rings is 1. The highest BCUT2D eigenvalue weighted by Gasteiger charge is 2.20. The van der Waals surface area contributed by atoms with E-state index in [0.29, 0.717) is 23.4 Å². The molecule has 1 aliphatic heterocycles. The van der Waals surface area contributed by atoms with Crippen LogP contribution in [0.15, 0.2) is 30.3 Å². The van der Waals surface area contributed by atoms with Crippen molar-refractivity contribution in [1.29, 1.82) is 5.26 Å². The molecule has 1 atom stereocenters. The molecule has 140 valence electrons. The van der Waals surface area contributed by atoms with Crippen molar-refractivity contribution in [3.8, 4) is 17.3 Å². The Balaban J connectivity index is 1.77. The number of carbonyl (C=O) groups is 1. The van der Waals surface area contributed by atoms with E-state index in [0.717, 1.165) is 42.7 Å². The predicted molar refractivity (Wildman–Crippen MR) is 104 cm³/mol. The van der Waals surface area contributed by atoms with Gasteiger partial charge in [0, 0.05) is 37.0 Å². The number of ether oxygens (including phenoxy) is 1. The van der Waals surface area contributed by atoms with Crippen LogP contribution >= 0.6 is 0 Å². The molecule has 0 bridgehead atoms. The van der Waals surface area contributed by atoms with Crippen LogP contribution in [-0.4, -0.2) is 42.1 Å². The molecule has 0 N–H and O–H groups in total. The number of hydrogen-bond donors (Lipinski definition) is 0. The number of likely N-dealkylation sites (N-methyl/N-ethyl adjacent to an activating group) is 1. The van der Waals surface area contributed by atoms with Gasteiger partial charge in [0.2, 0.25) is 0 Å². The summed E-state index contributed by atoms with van der Waals surface area (Å²) in [5.74, 6) is -0.0235. The molecule has 0 spiro atoms. The Hall–Kier alpha value is -2.71. The van der Waals surface area contributed by atoms with E-state index in [9.17, 15) is 10.1 Å². The molecule has 0 unspecified atom stereocenters. The van der Waals surface area contributed by atoms with Gasteiger partial charge in [0.05, 0.1) is 17.4 Å². The van der Waals surface area contributed by atoms with Crippen molar-refractivity contribution in [3.05, 3.63) is 52.7 Å². The number of nitriles is 1. The summed E-state index contributed by atoms with van der Waals surface area (Å²) >= 11 is 0. The second kappa shape index (κ2) is 8.32. The molecule has 2 aromatic rings. The molecule has 3 rings (SSSR count). The lowest BCUT2D eigenvalue weighted by atomic mass is 10.0. The number of pyridine rings is 1. The molecule has 27 heavy (non-hydrogen) atoms. The van der Waals surface area contributed by atoms with Crippen molar-refractivity contribution in [1.82, 2.24) is 9.88 Å². The number of rotatable bonds is 4. The zero-order valence-electron chi connectivity index (χ0n) is 16.2. The average Bonchev–Trinajstić information content (AvgIpc) is 2.68. The van der Waals surface area contributed by atoms with Gasteiger partial charge in [-0.05, 0) is 56.9 Å². The topological polar surface area (TPSA) is 66.2 Å². The van der Waals surface area contributed by atoms with Crippen LogP contribution in [0.25, 0.3) is 11.3 Å². The average molecular weight is 363 g/mol. The number of amides is 1. The normalized spacial score (nSPS) is 16.6. The summed E-state index contributed by atoms with van der Waals surface area (Å²) in [7, 11) is 1.81. The van der Waals surface area contributed by atoms with Crippen LogP contribution in [-0.2, 0) is 4.74 Å². The van der Waals surface area contributed by atoms with Gasteiger partial charge >= 0.3 is 0 Å². The summed E-state index contributed by atoms with van der Waals surface area (Å²) in [5.41, 5.74) is 4.48. The van der Waals surface area contributed by atoms with Crippen LogP contribution in [0.3, 0.4) is 0 Å². The first-order valence-corrected chi connectivity index (χ1v) is 9.35. The van der Waals surface area contributed by atoms with Gasteiger partial charge in [-0.3, -0.25) is 9.78 Å². The molecular formula is C22H25N3O2. The number of carbonyl (C=O) groups excluding carboxylic acids is 1. The van der Waals surface area contributed by atoms with E-state index in [4.69, 9.17) is 4.74 Å². The standard InChI is InChI=1S/C22H25N3O2/c1-15-12-16(2)24-21(20(15)13-23)17-7-9-18(10-8-17)22(26)25(3)14-19-6-4-5-11-27-19/h7-10,12,19H,4-6,11,14H2,1-3H3/t19-/m1/s1. The van der Waals surface area contributed by atoms with Crippen LogP contribution in [0.2, 0.25) is 0 Å². The van der Waals surface area contributed by atoms with Crippen molar-refractivity contribution in [2.45, 2.75) is 39.2 Å². The first-order valence-electron chi connectivity index (χ1n) is 9.35. The zero-order chi connectivity index (χ0) is 19.4. The highest BCUT2D eigenvalue weighted by atomic mass is 16.5. The van der Waals surface area contributed by atoms with E-state index in [1.54, 1.807) is 17.0 Å². The summed E-state index contributed by atoms with van der Waals surface area (Å²) < 4.78 is 5.73. The molecule has 5 heteroatoms. The van der Waals surface area contributed by atoms with E-state index < -0.39 is 0 Å². The third kappa shape index (κ3) is 4.35. The molecule has 1 aromatic heterocycles. The molecule has 0 saturated carbocycles. The first kappa shape index (κ1) is 19.1. The summed E-state index contributed by atoms with van der Waals surface area (Å²) in [6.07, 6.45) is 3.40. The number of aryl methyl sites for hydroxylation is 2. The minimum atomic E-state index is -0.0235. The van der Waals surface area contributed by atoms with Gasteiger partial charge in [0.15, 0.2) is 0 Å². The van der Waals surface area contributed by atoms with Crippen molar-refractivity contribution in [2.24, 2.45) is 0 Å². The van der Waals surface area contributed by atoms with Crippen molar-refractivity contribution in [3.63, 3.8) is 0 Å². The lowest BCUT2D eigenvalue weighted by Gasteiger charge is -2.27. The maximum absolute atomic E-state index is 12.7. The number of nitrogens with zero attached hydrogens (tertiary/aromatic N) is 3. The molecule has 1 saturated heterocycles. The summed E-state index contributed by atoms with van der Waals surface area (Å²) in [6, 6.07) is 11.5. The second-order valence-corrected chi connectivity index (χ2v) is 7.17. The molecule has 2 heterocycles. The molecule has 1 aliphatic rings. The lowest BCUT2D eigenvalue weighted by molar-refractivity contribution is -0.000186. The van der Waals surface area contributed by atoms with E-state index in [1.807, 2.05) is 39.1 Å². The van der Waals surface area contributed by atoms with Gasteiger partial charge in [-0.25, -0.2) is 0 Å². The van der Waals surface area contributed by atoms with Crippen LogP contribution < -0.4 is 0 Å². The highest BCUT2D eigenvalue weighted by Crippen LogP contribution is 2.25. The molecule has 1 amide bonds. The van der Waals surface area contributed by atoms with Gasteiger partial charge in [0.1, 0.15) is 6.07 Å². The Morgan fingerprint density at radius 3 is 2.67 bits per heavy atom. The summed E-state index contributed by atoms with van der Waals surface area (Å²) in [6.45, 7) is 5.22. The lowest BCUT2D eigenvalue weighted by Crippen LogP contribution is -2.37. The van der Waals surface area contributed by atoms with Gasteiger partial charge in [0.25, 0.3) is 5.91 Å². The molecule has 0 radical (unpaired) electrons. The Kier molecular flexibility index (Phi) is 5.88. The fourth-order valence-electron chi connectivity index (χ4n) is 3.52. The van der Waals surface area contributed by atoms with Crippen molar-refractivity contribution in [2.75, 3.05) is 20.2 Å². The van der Waals surface area contributed by atoms with Gasteiger partial charge < -0.3 is 9.64 Å².